The van der Waals surface area contributed by atoms with Crippen LogP contribution < -0.4 is 0 Å². The van der Waals surface area contributed by atoms with E-state index in [0.29, 0.717) is 18.0 Å². The molecule has 0 amide bonds. The largest absolute Gasteiger partial charge is 0.297 e. The molecule has 1 aliphatic rings. The molecule has 0 aromatic heterocycles. The maximum absolute atomic E-state index is 13.0. The molecule has 0 radical (unpaired) electrons. The molecule has 4 nitrogen and oxygen atoms in total. The maximum atomic E-state index is 13.0. The Morgan fingerprint density at radius 2 is 1.45 bits per heavy atom. The zero-order valence-electron chi connectivity index (χ0n) is 16.1. The zero-order valence-corrected chi connectivity index (χ0v) is 17.8. The van der Waals surface area contributed by atoms with Gasteiger partial charge >= 0.3 is 0 Å². The van der Waals surface area contributed by atoms with Crippen LogP contribution >= 0.6 is 12.4 Å². The van der Waals surface area contributed by atoms with Gasteiger partial charge in [0.1, 0.15) is 0 Å². The Labute approximate surface area is 178 Å². The summed E-state index contributed by atoms with van der Waals surface area (Å²) in [5.74, 6) is 0. The van der Waals surface area contributed by atoms with E-state index in [2.05, 4.69) is 29.2 Å². The molecule has 3 aromatic carbocycles. The summed E-state index contributed by atoms with van der Waals surface area (Å²) in [6, 6.07) is 23.4. The van der Waals surface area contributed by atoms with Crippen molar-refractivity contribution in [3.63, 3.8) is 0 Å². The van der Waals surface area contributed by atoms with Crippen LogP contribution in [0.1, 0.15) is 5.56 Å². The van der Waals surface area contributed by atoms with E-state index in [1.165, 1.54) is 5.56 Å². The van der Waals surface area contributed by atoms with Crippen molar-refractivity contribution in [2.75, 3.05) is 32.7 Å². The Morgan fingerprint density at radius 3 is 2.17 bits per heavy atom. The monoisotopic (exact) mass is 428 g/mol. The molecule has 1 aliphatic heterocycles. The molecule has 1 heterocycles. The molecular formula is C23H25ClN2O2S. The first-order valence-electron chi connectivity index (χ1n) is 9.56. The van der Waals surface area contributed by atoms with Crippen molar-refractivity contribution in [3.8, 4) is 0 Å². The van der Waals surface area contributed by atoms with Crippen LogP contribution in [0, 0.1) is 0 Å². The third kappa shape index (κ3) is 5.06. The van der Waals surface area contributed by atoms with Crippen LogP contribution in [-0.4, -0.2) is 50.3 Å². The van der Waals surface area contributed by atoms with Gasteiger partial charge in [0, 0.05) is 32.7 Å². The highest BCUT2D eigenvalue weighted by Gasteiger charge is 2.28. The summed E-state index contributed by atoms with van der Waals surface area (Å²) in [6.45, 7) is 3.36. The molecule has 0 N–H and O–H groups in total. The molecule has 0 aliphatic carbocycles. The van der Waals surface area contributed by atoms with Crippen molar-refractivity contribution in [1.82, 2.24) is 9.21 Å². The van der Waals surface area contributed by atoms with Gasteiger partial charge in [0.2, 0.25) is 10.0 Å². The van der Waals surface area contributed by atoms with E-state index in [0.717, 1.165) is 30.4 Å². The topological polar surface area (TPSA) is 40.6 Å². The summed E-state index contributed by atoms with van der Waals surface area (Å²) < 4.78 is 27.7. The van der Waals surface area contributed by atoms with Crippen LogP contribution in [0.4, 0.5) is 0 Å². The second-order valence-corrected chi connectivity index (χ2v) is 8.96. The predicted octanol–water partition coefficient (Wildman–Crippen LogP) is 4.28. The minimum absolute atomic E-state index is 0. The van der Waals surface area contributed by atoms with Crippen molar-refractivity contribution in [1.29, 1.82) is 0 Å². The summed E-state index contributed by atoms with van der Waals surface area (Å²) in [7, 11) is -3.45. The Bertz CT molecular complexity index is 1080. The first-order valence-corrected chi connectivity index (χ1v) is 11.0. The van der Waals surface area contributed by atoms with Crippen LogP contribution in [0.15, 0.2) is 83.8 Å². The molecule has 1 fully saturated rings. The molecule has 29 heavy (non-hydrogen) atoms. The molecule has 1 saturated heterocycles. The summed E-state index contributed by atoms with van der Waals surface area (Å²) in [5, 5.41) is 2.00. The molecule has 0 spiro atoms. The fourth-order valence-corrected chi connectivity index (χ4v) is 4.99. The normalized spacial score (nSPS) is 16.1. The summed E-state index contributed by atoms with van der Waals surface area (Å²) >= 11 is 0. The second kappa shape index (κ2) is 9.55. The Hall–Kier alpha value is -2.18. The second-order valence-electron chi connectivity index (χ2n) is 7.03. The highest BCUT2D eigenvalue weighted by molar-refractivity contribution is 7.89. The van der Waals surface area contributed by atoms with E-state index >= 15 is 0 Å². The molecule has 0 unspecified atom stereocenters. The van der Waals surface area contributed by atoms with Crippen LogP contribution in [0.3, 0.4) is 0 Å². The highest BCUT2D eigenvalue weighted by Crippen LogP contribution is 2.22. The lowest BCUT2D eigenvalue weighted by Crippen LogP contribution is -2.48. The van der Waals surface area contributed by atoms with Gasteiger partial charge in [0.05, 0.1) is 4.90 Å². The number of hydrogen-bond acceptors (Lipinski definition) is 3. The average molecular weight is 429 g/mol. The van der Waals surface area contributed by atoms with E-state index in [1.807, 2.05) is 48.5 Å². The highest BCUT2D eigenvalue weighted by atomic mass is 35.5. The number of piperazine rings is 1. The number of hydrogen-bond donors (Lipinski definition) is 0. The van der Waals surface area contributed by atoms with Gasteiger partial charge in [-0.05, 0) is 28.5 Å². The van der Waals surface area contributed by atoms with Gasteiger partial charge in [0.25, 0.3) is 0 Å². The lowest BCUT2D eigenvalue weighted by Gasteiger charge is -2.33. The van der Waals surface area contributed by atoms with Gasteiger partial charge in [-0.2, -0.15) is 4.31 Å². The first kappa shape index (κ1) is 21.5. The zero-order chi connectivity index (χ0) is 19.4. The van der Waals surface area contributed by atoms with Crippen molar-refractivity contribution in [2.45, 2.75) is 4.90 Å². The van der Waals surface area contributed by atoms with Gasteiger partial charge < -0.3 is 0 Å². The Balaban J connectivity index is 0.00000240. The fraction of sp³-hybridized carbons (Fsp3) is 0.217. The Morgan fingerprint density at radius 1 is 0.793 bits per heavy atom. The lowest BCUT2D eigenvalue weighted by atomic mass is 10.1. The van der Waals surface area contributed by atoms with Crippen molar-refractivity contribution >= 4 is 39.3 Å². The minimum atomic E-state index is -3.45. The number of benzene rings is 3. The third-order valence-electron chi connectivity index (χ3n) is 5.16. The maximum Gasteiger partial charge on any atom is 0.243 e. The number of nitrogens with zero attached hydrogens (tertiary/aromatic N) is 2. The standard InChI is InChI=1S/C23H24N2O2S.ClH/c26-28(27,23-13-12-21-10-4-5-11-22(21)19-23)25-17-15-24(16-18-25)14-6-9-20-7-2-1-3-8-20;/h1-13,19H,14-18H2;1H. The van der Waals surface area contributed by atoms with E-state index in [1.54, 1.807) is 16.4 Å². The fourth-order valence-electron chi connectivity index (χ4n) is 3.53. The van der Waals surface area contributed by atoms with Gasteiger partial charge in [0.15, 0.2) is 0 Å². The van der Waals surface area contributed by atoms with Crippen LogP contribution in [-0.2, 0) is 10.0 Å². The summed E-state index contributed by atoms with van der Waals surface area (Å²) in [6.07, 6.45) is 4.25. The molecule has 0 bridgehead atoms. The quantitative estimate of drug-likeness (QED) is 0.609. The van der Waals surface area contributed by atoms with Gasteiger partial charge in [-0.15, -0.1) is 12.4 Å². The van der Waals surface area contributed by atoms with Crippen molar-refractivity contribution < 1.29 is 8.42 Å². The van der Waals surface area contributed by atoms with Gasteiger partial charge in [-0.1, -0.05) is 72.8 Å². The summed E-state index contributed by atoms with van der Waals surface area (Å²) in [5.41, 5.74) is 1.18. The van der Waals surface area contributed by atoms with E-state index < -0.39 is 10.0 Å². The molecule has 3 aromatic rings. The molecule has 0 saturated carbocycles. The van der Waals surface area contributed by atoms with E-state index in [-0.39, 0.29) is 12.4 Å². The van der Waals surface area contributed by atoms with Gasteiger partial charge in [-0.3, -0.25) is 4.90 Å². The Kier molecular flexibility index (Phi) is 7.09. The minimum Gasteiger partial charge on any atom is -0.297 e. The average Bonchev–Trinajstić information content (AvgIpc) is 2.74. The van der Waals surface area contributed by atoms with Gasteiger partial charge in [-0.25, -0.2) is 8.42 Å². The molecule has 4 rings (SSSR count). The molecule has 0 atom stereocenters. The number of sulfonamides is 1. The third-order valence-corrected chi connectivity index (χ3v) is 7.06. The first-order chi connectivity index (χ1) is 13.6. The number of halogens is 1. The van der Waals surface area contributed by atoms with Crippen LogP contribution in [0.2, 0.25) is 0 Å². The molecule has 152 valence electrons. The number of fused-ring (bicyclic) bond motifs is 1. The van der Waals surface area contributed by atoms with Crippen molar-refractivity contribution in [3.05, 3.63) is 84.4 Å². The number of rotatable bonds is 5. The smallest absolute Gasteiger partial charge is 0.243 e. The molecular weight excluding hydrogens is 404 g/mol. The van der Waals surface area contributed by atoms with Crippen molar-refractivity contribution in [2.24, 2.45) is 0 Å². The molecule has 6 heteroatoms. The van der Waals surface area contributed by atoms with Crippen LogP contribution in [0.25, 0.3) is 16.8 Å². The SMILES string of the molecule is Cl.O=S(=O)(c1ccc2ccccc2c1)N1CCN(CC=Cc2ccccc2)CC1. The predicted molar refractivity (Wildman–Crippen MR) is 122 cm³/mol. The summed E-state index contributed by atoms with van der Waals surface area (Å²) in [4.78, 5) is 2.66. The van der Waals surface area contributed by atoms with Crippen LogP contribution in [0.5, 0.6) is 0 Å². The lowest BCUT2D eigenvalue weighted by molar-refractivity contribution is 0.204. The van der Waals surface area contributed by atoms with E-state index in [9.17, 15) is 8.42 Å². The van der Waals surface area contributed by atoms with E-state index in [4.69, 9.17) is 0 Å².